The molecule has 0 unspecified atom stereocenters. The van der Waals surface area contributed by atoms with E-state index in [0.717, 1.165) is 0 Å². The normalized spacial score (nSPS) is 12.6. The fourth-order valence-corrected chi connectivity index (χ4v) is 5.98. The molecule has 0 rings (SSSR count). The van der Waals surface area contributed by atoms with Gasteiger partial charge in [0.1, 0.15) is 0 Å². The van der Waals surface area contributed by atoms with E-state index in [2.05, 4.69) is 38.5 Å². The zero-order valence-electron chi connectivity index (χ0n) is 10.9. The molecule has 0 aromatic heterocycles. The number of carboxylic acid groups (broad SMARTS) is 1. The number of hydrogen-bond donors (Lipinski definition) is 1. The average molecular weight is 244 g/mol. The first-order valence-corrected chi connectivity index (χ1v) is 8.67. The molecule has 0 fully saturated rings. The number of hydrogen-bond acceptors (Lipinski definition) is 2. The summed E-state index contributed by atoms with van der Waals surface area (Å²) in [5.41, 5.74) is 0. The fourth-order valence-electron chi connectivity index (χ4n) is 2.22. The zero-order valence-corrected chi connectivity index (χ0v) is 11.9. The molecule has 0 spiro atoms. The van der Waals surface area contributed by atoms with E-state index < -0.39 is 14.2 Å². The van der Waals surface area contributed by atoms with E-state index in [4.69, 9.17) is 5.11 Å². The van der Waals surface area contributed by atoms with Gasteiger partial charge in [-0.3, -0.25) is 0 Å². The third-order valence-electron chi connectivity index (χ3n) is 3.66. The van der Waals surface area contributed by atoms with Crippen LogP contribution in [0.15, 0.2) is 11.3 Å². The molecule has 0 aliphatic rings. The largest absolute Gasteiger partial charge is 0.505 e. The molecule has 0 aliphatic carbocycles. The van der Waals surface area contributed by atoms with Crippen LogP contribution in [-0.2, 0) is 4.74 Å². The summed E-state index contributed by atoms with van der Waals surface area (Å²) >= 11 is 0. The SMILES string of the molecule is CC[Si](CC)(CC)C(C)=CCCOC(=O)O. The maximum atomic E-state index is 10.2. The van der Waals surface area contributed by atoms with E-state index in [1.54, 1.807) is 0 Å². The highest BCUT2D eigenvalue weighted by Gasteiger charge is 2.28. The van der Waals surface area contributed by atoms with Crippen LogP contribution in [0, 0.1) is 0 Å². The second-order valence-electron chi connectivity index (χ2n) is 4.13. The molecule has 1 N–H and O–H groups in total. The Morgan fingerprint density at radius 2 is 1.75 bits per heavy atom. The summed E-state index contributed by atoms with van der Waals surface area (Å²) in [5.74, 6) is 0. The number of allylic oxidation sites excluding steroid dienone is 1. The Balaban J connectivity index is 4.32. The van der Waals surface area contributed by atoms with Gasteiger partial charge in [0.05, 0.1) is 14.7 Å². The lowest BCUT2D eigenvalue weighted by atomic mass is 10.4. The van der Waals surface area contributed by atoms with Crippen molar-refractivity contribution in [3.8, 4) is 0 Å². The van der Waals surface area contributed by atoms with Gasteiger partial charge in [-0.25, -0.2) is 4.79 Å². The van der Waals surface area contributed by atoms with E-state index in [0.29, 0.717) is 6.42 Å². The molecule has 0 aromatic rings. The van der Waals surface area contributed by atoms with Gasteiger partial charge in [0.25, 0.3) is 0 Å². The monoisotopic (exact) mass is 244 g/mol. The summed E-state index contributed by atoms with van der Waals surface area (Å²) in [6, 6.07) is 3.80. The third kappa shape index (κ3) is 4.39. The van der Waals surface area contributed by atoms with Crippen LogP contribution in [0.4, 0.5) is 4.79 Å². The molecule has 0 aliphatic heterocycles. The van der Waals surface area contributed by atoms with Gasteiger partial charge in [0.15, 0.2) is 0 Å². The Morgan fingerprint density at radius 3 is 2.12 bits per heavy atom. The molecule has 0 amide bonds. The highest BCUT2D eigenvalue weighted by Crippen LogP contribution is 2.28. The highest BCUT2D eigenvalue weighted by atomic mass is 28.3. The maximum absolute atomic E-state index is 10.2. The standard InChI is InChI=1S/C12H24O3Si/c1-5-16(6-2,7-3)11(4)9-8-10-15-12(13)14/h9H,5-8,10H2,1-4H3,(H,13,14). The molecular weight excluding hydrogens is 220 g/mol. The van der Waals surface area contributed by atoms with Gasteiger partial charge >= 0.3 is 6.16 Å². The first kappa shape index (κ1) is 15.2. The lowest BCUT2D eigenvalue weighted by molar-refractivity contribution is 0.0932. The second-order valence-corrected chi connectivity index (χ2v) is 9.60. The van der Waals surface area contributed by atoms with Gasteiger partial charge in [0.2, 0.25) is 0 Å². The molecule has 94 valence electrons. The Hall–Kier alpha value is -0.773. The molecule has 0 bridgehead atoms. The van der Waals surface area contributed by atoms with Crippen molar-refractivity contribution in [2.75, 3.05) is 6.61 Å². The number of ether oxygens (including phenoxy) is 1. The van der Waals surface area contributed by atoms with Gasteiger partial charge < -0.3 is 9.84 Å². The predicted octanol–water partition coefficient (Wildman–Crippen LogP) is 4.07. The summed E-state index contributed by atoms with van der Waals surface area (Å²) in [4.78, 5) is 10.2. The topological polar surface area (TPSA) is 46.5 Å². The second kappa shape index (κ2) is 7.49. The smallest absolute Gasteiger partial charge is 0.450 e. The summed E-state index contributed by atoms with van der Waals surface area (Å²) in [6.07, 6.45) is 1.69. The van der Waals surface area contributed by atoms with Crippen LogP contribution in [0.5, 0.6) is 0 Å². The molecule has 0 aromatic carbocycles. The first-order chi connectivity index (χ1) is 7.52. The van der Waals surface area contributed by atoms with Crippen molar-refractivity contribution >= 4 is 14.2 Å². The van der Waals surface area contributed by atoms with E-state index in [-0.39, 0.29) is 6.61 Å². The molecule has 16 heavy (non-hydrogen) atoms. The number of carbonyl (C=O) groups is 1. The summed E-state index contributed by atoms with van der Waals surface area (Å²) in [6.45, 7) is 9.27. The van der Waals surface area contributed by atoms with Crippen LogP contribution in [0.2, 0.25) is 18.1 Å². The summed E-state index contributed by atoms with van der Waals surface area (Å²) in [7, 11) is -1.24. The van der Waals surface area contributed by atoms with Crippen molar-refractivity contribution in [1.82, 2.24) is 0 Å². The summed E-state index contributed by atoms with van der Waals surface area (Å²) < 4.78 is 4.49. The molecule has 0 heterocycles. The lowest BCUT2D eigenvalue weighted by Gasteiger charge is -2.29. The fraction of sp³-hybridized carbons (Fsp3) is 0.750. The molecule has 3 nitrogen and oxygen atoms in total. The molecule has 0 saturated carbocycles. The quantitative estimate of drug-likeness (QED) is 0.417. The van der Waals surface area contributed by atoms with Crippen molar-refractivity contribution in [2.24, 2.45) is 0 Å². The predicted molar refractivity (Wildman–Crippen MR) is 69.5 cm³/mol. The van der Waals surface area contributed by atoms with Gasteiger partial charge in [-0.05, 0) is 13.3 Å². The minimum atomic E-state index is -1.24. The van der Waals surface area contributed by atoms with Crippen molar-refractivity contribution in [2.45, 2.75) is 52.2 Å². The molecule has 4 heteroatoms. The van der Waals surface area contributed by atoms with Gasteiger partial charge in [0, 0.05) is 0 Å². The minimum absolute atomic E-state index is 0.272. The van der Waals surface area contributed by atoms with Crippen molar-refractivity contribution in [1.29, 1.82) is 0 Å². The van der Waals surface area contributed by atoms with Crippen LogP contribution < -0.4 is 0 Å². The van der Waals surface area contributed by atoms with E-state index in [1.165, 1.54) is 23.3 Å². The average Bonchev–Trinajstić information content (AvgIpc) is 2.27. The van der Waals surface area contributed by atoms with E-state index in [1.807, 2.05) is 0 Å². The van der Waals surface area contributed by atoms with Crippen molar-refractivity contribution in [3.63, 3.8) is 0 Å². The van der Waals surface area contributed by atoms with Crippen molar-refractivity contribution in [3.05, 3.63) is 11.3 Å². The van der Waals surface area contributed by atoms with Crippen LogP contribution in [0.25, 0.3) is 0 Å². The maximum Gasteiger partial charge on any atom is 0.505 e. The highest BCUT2D eigenvalue weighted by molar-refractivity contribution is 6.86. The number of rotatable bonds is 7. The Morgan fingerprint density at radius 1 is 1.25 bits per heavy atom. The first-order valence-electron chi connectivity index (χ1n) is 6.05. The van der Waals surface area contributed by atoms with Crippen LogP contribution in [-0.4, -0.2) is 25.9 Å². The van der Waals surface area contributed by atoms with Gasteiger partial charge in [-0.1, -0.05) is 50.2 Å². The molecule has 0 atom stereocenters. The van der Waals surface area contributed by atoms with Crippen LogP contribution in [0.1, 0.15) is 34.1 Å². The van der Waals surface area contributed by atoms with Crippen LogP contribution >= 0.6 is 0 Å². The minimum Gasteiger partial charge on any atom is -0.450 e. The Bertz CT molecular complexity index is 236. The zero-order chi connectivity index (χ0) is 12.6. The lowest BCUT2D eigenvalue weighted by Crippen LogP contribution is -2.33. The molecular formula is C12H24O3Si. The molecule has 0 radical (unpaired) electrons. The van der Waals surface area contributed by atoms with Crippen LogP contribution in [0.3, 0.4) is 0 Å². The Labute approximate surface area is 99.5 Å². The Kier molecular flexibility index (Phi) is 7.13. The van der Waals surface area contributed by atoms with Gasteiger partial charge in [-0.15, -0.1) is 0 Å². The summed E-state index contributed by atoms with van der Waals surface area (Å²) in [5, 5.41) is 9.84. The van der Waals surface area contributed by atoms with E-state index in [9.17, 15) is 4.79 Å². The van der Waals surface area contributed by atoms with E-state index >= 15 is 0 Å². The third-order valence-corrected chi connectivity index (χ3v) is 9.60. The molecule has 0 saturated heterocycles. The van der Waals surface area contributed by atoms with Gasteiger partial charge in [-0.2, -0.15) is 0 Å². The van der Waals surface area contributed by atoms with Crippen molar-refractivity contribution < 1.29 is 14.6 Å².